The lowest BCUT2D eigenvalue weighted by Gasteiger charge is -2.46. The molecule has 59 nitrogen and oxygen atoms in total. The lowest BCUT2D eigenvalue weighted by Crippen LogP contribution is -2.54. The van der Waals surface area contributed by atoms with Crippen LogP contribution >= 0.6 is 38.2 Å². The van der Waals surface area contributed by atoms with Gasteiger partial charge in [-0.25, -0.2) is 66.6 Å². The monoisotopic (exact) mass is 2010 g/mol. The molecule has 16 atom stereocenters. The molecule has 136 heavy (non-hydrogen) atoms. The molecular weight excluding hydrogens is 1890 g/mol. The number of anilines is 4. The number of morpholine rings is 5. The molecule has 5 saturated heterocycles. The van der Waals surface area contributed by atoms with Gasteiger partial charge in [0, 0.05) is 69.8 Å². The van der Waals surface area contributed by atoms with Crippen LogP contribution in [0.3, 0.4) is 0 Å². The van der Waals surface area contributed by atoms with E-state index in [4.69, 9.17) is 80.4 Å². The Morgan fingerprint density at radius 3 is 1.23 bits per heavy atom. The fourth-order valence-electron chi connectivity index (χ4n) is 16.1. The van der Waals surface area contributed by atoms with Crippen molar-refractivity contribution in [3.63, 3.8) is 0 Å². The van der Waals surface area contributed by atoms with E-state index in [0.29, 0.717) is 0 Å². The maximum atomic E-state index is 16.7. The summed E-state index contributed by atoms with van der Waals surface area (Å²) >= 11 is 0. The maximum absolute atomic E-state index is 16.7. The second kappa shape index (κ2) is 42.3. The van der Waals surface area contributed by atoms with Gasteiger partial charge in [0.05, 0.1) is 116 Å². The standard InChI is InChI=1S/C72H116N35O24P5/c1-40(2)132(117,93(5)6)122-32-44-23-99(28-52(128-44)103-19-17-49(73)85-71(103)115)133(118,94(7)8)124-34-45-24-100(29-53(129-45)104-21-41(3)62(110)92-72(104)116)134(119,95(9)10)125-35-47-26-102(31-55(131-47)107-39-83-58-61(107)88-70(78)91-66(58)114)136(121,97(13)14)126-36-46-25-101(30-54(130-46)106-38-82-57-60(106)87-69(77)90-65(57)113)135(120,96(11)12)123-33-43-22-98(27-51(127-43)105-37-81-56-59(105)86-68(76)89-64(56)112)50(109)20-80-63(111)48(84-42(4)108)16-15-18-79-67(74)75/h17,19,21,37-40,43-48,51-55H,15-16,18,20,22-36H2,1-14H3,(H,80,111)(H,84,108)(H2,73,85,115)(H4,74,75,79)(H,92,110,116)(H3,76,86,89,112)(H3,77,87,90,113)(H3,78,88,91,114)/t43-,44-,45-,46-,47-,48-,51+,52+,53+,54+,55+,132?,133?,134?,135?,136?/m0/s1. The van der Waals surface area contributed by atoms with Gasteiger partial charge in [0.1, 0.15) is 30.4 Å². The van der Waals surface area contributed by atoms with E-state index in [0.717, 1.165) is 9.13 Å². The molecule has 64 heteroatoms. The number of nitrogens with one attached hydrogen (secondary N) is 8. The Bertz CT molecular complexity index is 6360. The molecule has 5 aliphatic heterocycles. The highest BCUT2D eigenvalue weighted by molar-refractivity contribution is 7.57. The summed E-state index contributed by atoms with van der Waals surface area (Å²) in [5, 5.41) is 15.3. The average molecular weight is 2010 g/mol. The van der Waals surface area contributed by atoms with Crippen molar-refractivity contribution in [2.75, 3.05) is 205 Å². The molecule has 8 aromatic rings. The molecule has 0 radical (unpaired) electrons. The zero-order valence-electron chi connectivity index (χ0n) is 77.1. The molecule has 8 aromatic heterocycles. The second-order valence-corrected chi connectivity index (χ2v) is 47.6. The predicted octanol–water partition coefficient (Wildman–Crippen LogP) is -2.84. The number of nitrogens with zero attached hydrogens (tertiary/aromatic N) is 22. The van der Waals surface area contributed by atoms with Crippen molar-refractivity contribution in [1.82, 2.24) is 141 Å². The van der Waals surface area contributed by atoms with Gasteiger partial charge in [0.25, 0.3) is 29.8 Å². The highest BCUT2D eigenvalue weighted by Gasteiger charge is 2.52. The largest absolute Gasteiger partial charge is 0.383 e. The zero-order valence-corrected chi connectivity index (χ0v) is 81.6. The van der Waals surface area contributed by atoms with Crippen LogP contribution in [0, 0.1) is 12.3 Å². The van der Waals surface area contributed by atoms with Crippen LogP contribution < -0.4 is 78.2 Å². The summed E-state index contributed by atoms with van der Waals surface area (Å²) < 4.78 is 165. The van der Waals surface area contributed by atoms with Gasteiger partial charge >= 0.3 is 42.1 Å². The summed E-state index contributed by atoms with van der Waals surface area (Å²) in [5.41, 5.74) is 24.0. The normalized spacial score (nSPS) is 24.0. The van der Waals surface area contributed by atoms with Gasteiger partial charge in [-0.1, -0.05) is 13.8 Å². The zero-order chi connectivity index (χ0) is 98.9. The molecule has 5 fully saturated rings. The number of nitrogen functional groups attached to an aromatic ring is 4. The number of imidazole rings is 3. The Labute approximate surface area is 775 Å². The maximum Gasteiger partial charge on any atom is 0.351 e. The van der Waals surface area contributed by atoms with Gasteiger partial charge in [-0.15, -0.1) is 0 Å². The van der Waals surface area contributed by atoms with Crippen LogP contribution in [0.4, 0.5) is 23.7 Å². The van der Waals surface area contributed by atoms with Gasteiger partial charge in [-0.3, -0.25) is 105 Å². The van der Waals surface area contributed by atoms with Gasteiger partial charge in [0.2, 0.25) is 35.6 Å². The second-order valence-electron chi connectivity index (χ2n) is 34.0. The van der Waals surface area contributed by atoms with Gasteiger partial charge < -0.3 is 95.8 Å². The number of aryl methyl sites for hydroxylation is 1. The number of aromatic nitrogens is 16. The third-order valence-corrected chi connectivity index (χ3v) is 35.9. The Kier molecular flexibility index (Phi) is 32.1. The summed E-state index contributed by atoms with van der Waals surface area (Å²) in [5.74, 6) is -3.19. The van der Waals surface area contributed by atoms with E-state index in [2.05, 4.69) is 70.8 Å². The van der Waals surface area contributed by atoms with Crippen LogP contribution in [-0.4, -0.2) is 373 Å². The molecular formula is C72H116N35O24P5. The Hall–Kier alpha value is -10.1. The number of aromatic amines is 4. The Morgan fingerprint density at radius 2 is 0.868 bits per heavy atom. The lowest BCUT2D eigenvalue weighted by atomic mass is 10.1. The molecule has 5 aliphatic rings. The summed E-state index contributed by atoms with van der Waals surface area (Å²) in [6.07, 6.45) is -5.91. The number of fused-ring (bicyclic) bond motifs is 3. The SMILES string of the molecule is CC(=O)N[C@@H](CCCNC(=N)N)C(=O)NCC(=O)N1C[C@@H](COP(=O)(N(C)C)N2C[C@@H](COP(=O)(N(C)C)N3C[C@@H](COP(=O)(N(C)C)N4C[C@@H](COP(=O)(N(C)C)N5C[C@@H](COP(=O)(C(C)C)N(C)C)O[C@@H](n6ccc(N)nc6=O)C5)O[C@@H](n5cc(C)c(=O)[nH]c5=O)C4)O[C@@H](n4cnc5c(=O)[nH]c(N)nc54)C3)O[C@@H](n3cnc4c(=O)[nH]c(N)nc43)C2)O[C@@H](n2cnc3c(=O)[nH]c(N)nc32)C1. The van der Waals surface area contributed by atoms with Crippen molar-refractivity contribution in [3.8, 4) is 0 Å². The van der Waals surface area contributed by atoms with Crippen LogP contribution in [0.15, 0.2) is 66.2 Å². The first-order valence-electron chi connectivity index (χ1n) is 42.7. The summed E-state index contributed by atoms with van der Waals surface area (Å²) in [4.78, 5) is 162. The minimum absolute atomic E-state index is 0.0424. The van der Waals surface area contributed by atoms with Gasteiger partial charge in [-0.05, 0) is 96.3 Å². The number of H-pyrrole nitrogens is 4. The number of carbonyl (C=O) groups is 3. The first-order chi connectivity index (χ1) is 64.1. The highest BCUT2D eigenvalue weighted by atomic mass is 31.2. The van der Waals surface area contributed by atoms with Crippen molar-refractivity contribution in [2.45, 2.75) is 114 Å². The molecule has 5 unspecified atom stereocenters. The molecule has 0 aromatic carbocycles. The molecule has 0 aliphatic carbocycles. The van der Waals surface area contributed by atoms with Crippen LogP contribution in [0.2, 0.25) is 0 Å². The summed E-state index contributed by atoms with van der Waals surface area (Å²) in [6.45, 7) is -0.209. The van der Waals surface area contributed by atoms with Crippen LogP contribution in [0.5, 0.6) is 0 Å². The Balaban J connectivity index is 0.788. The first-order valence-corrected chi connectivity index (χ1v) is 50.5. The minimum Gasteiger partial charge on any atom is -0.383 e. The average Bonchev–Trinajstić information content (AvgIpc) is 1.37. The Morgan fingerprint density at radius 1 is 0.500 bits per heavy atom. The number of guanidine groups is 1. The number of hydrogen-bond donors (Lipinski definition) is 13. The van der Waals surface area contributed by atoms with E-state index in [9.17, 15) is 47.7 Å². The van der Waals surface area contributed by atoms with Crippen molar-refractivity contribution in [1.29, 1.82) is 5.41 Å². The van der Waals surface area contributed by atoms with Crippen LogP contribution in [0.25, 0.3) is 33.5 Å². The lowest BCUT2D eigenvalue weighted by molar-refractivity contribution is -0.158. The third kappa shape index (κ3) is 22.6. The number of nitrogens with two attached hydrogens (primary N) is 5. The molecule has 0 spiro atoms. The van der Waals surface area contributed by atoms with Crippen molar-refractivity contribution in [3.05, 3.63) is 105 Å². The third-order valence-electron chi connectivity index (χ3n) is 22.8. The fourth-order valence-corrected chi connectivity index (χ4v) is 25.9. The molecule has 18 N–H and O–H groups in total. The van der Waals surface area contributed by atoms with E-state index in [1.165, 1.54) is 168 Å². The fraction of sp³-hybridized carbons (Fsp3) is 0.625. The first kappa shape index (κ1) is 103. The van der Waals surface area contributed by atoms with E-state index in [1.54, 1.807) is 27.9 Å². The van der Waals surface area contributed by atoms with Crippen molar-refractivity contribution in [2.24, 2.45) is 5.73 Å². The van der Waals surface area contributed by atoms with Crippen LogP contribution in [0.1, 0.15) is 70.3 Å². The van der Waals surface area contributed by atoms with Crippen molar-refractivity contribution >= 4 is 119 Å². The number of ether oxygens (including phenoxy) is 5. The quantitative estimate of drug-likeness (QED) is 0.00802. The van der Waals surface area contributed by atoms with Crippen LogP contribution in [-0.2, 0) is 83.5 Å². The highest BCUT2D eigenvalue weighted by Crippen LogP contribution is 2.61. The van der Waals surface area contributed by atoms with E-state index >= 15 is 18.3 Å². The smallest absolute Gasteiger partial charge is 0.351 e. The molecule has 0 saturated carbocycles. The number of rotatable bonds is 38. The summed E-state index contributed by atoms with van der Waals surface area (Å²) in [7, 11) is -6.61. The number of amides is 3. The molecule has 13 rings (SSSR count). The van der Waals surface area contributed by atoms with E-state index in [-0.39, 0.29) is 154 Å². The number of carbonyl (C=O) groups excluding carboxylic acids is 3. The minimum atomic E-state index is -4.59. The molecule has 13 heterocycles. The van der Waals surface area contributed by atoms with Gasteiger partial charge in [0.15, 0.2) is 58.1 Å². The topological polar surface area (TPSA) is 732 Å². The van der Waals surface area contributed by atoms with Gasteiger partial charge in [-0.2, -0.15) is 19.9 Å². The molecule has 748 valence electrons. The predicted molar refractivity (Wildman–Crippen MR) is 490 cm³/mol. The van der Waals surface area contributed by atoms with E-state index < -0.39 is 202 Å². The molecule has 0 bridgehead atoms. The van der Waals surface area contributed by atoms with E-state index in [1.807, 2.05) is 0 Å². The number of hydrogen-bond acceptors (Lipinski definition) is 36. The summed E-state index contributed by atoms with van der Waals surface area (Å²) in [6, 6.07) is 0.269. The molecule has 3 amide bonds. The van der Waals surface area contributed by atoms with Crippen molar-refractivity contribution < 1.29 is 83.5 Å².